The first-order chi connectivity index (χ1) is 15.7. The molecular formula is C23H24ClN3O6. The van der Waals surface area contributed by atoms with Crippen molar-refractivity contribution in [1.29, 1.82) is 0 Å². The molecule has 1 saturated carbocycles. The van der Waals surface area contributed by atoms with Crippen LogP contribution >= 0.6 is 11.6 Å². The number of esters is 1. The number of nitrogens with one attached hydrogen (secondary N) is 2. The third-order valence-corrected chi connectivity index (χ3v) is 6.67. The van der Waals surface area contributed by atoms with Gasteiger partial charge < -0.3 is 4.74 Å². The van der Waals surface area contributed by atoms with Crippen LogP contribution in [0.3, 0.4) is 0 Å². The van der Waals surface area contributed by atoms with Crippen LogP contribution in [-0.4, -0.2) is 47.1 Å². The minimum absolute atomic E-state index is 0.0281. The summed E-state index contributed by atoms with van der Waals surface area (Å²) in [5.41, 5.74) is 4.64. The van der Waals surface area contributed by atoms with E-state index in [4.69, 9.17) is 16.3 Å². The number of fused-ring (bicyclic) bond motifs is 5. The van der Waals surface area contributed by atoms with Crippen molar-refractivity contribution in [2.24, 2.45) is 29.6 Å². The predicted octanol–water partition coefficient (Wildman–Crippen LogP) is 1.48. The van der Waals surface area contributed by atoms with Crippen LogP contribution in [0.5, 0.6) is 0 Å². The van der Waals surface area contributed by atoms with Gasteiger partial charge in [-0.3, -0.25) is 34.9 Å². The number of allylic oxidation sites excluding steroid dienone is 2. The lowest BCUT2D eigenvalue weighted by molar-refractivity contribution is -0.162. The number of ether oxygens (including phenoxy) is 1. The van der Waals surface area contributed by atoms with E-state index < -0.39 is 48.2 Å². The molecule has 4 amide bonds. The van der Waals surface area contributed by atoms with E-state index in [0.717, 1.165) is 11.3 Å². The van der Waals surface area contributed by atoms with Crippen LogP contribution in [-0.2, 0) is 23.9 Å². The van der Waals surface area contributed by atoms with Crippen molar-refractivity contribution in [3.05, 3.63) is 47.0 Å². The third-order valence-electron chi connectivity index (χ3n) is 6.42. The molecule has 4 rings (SSSR count). The Morgan fingerprint density at radius 1 is 1.03 bits per heavy atom. The molecule has 3 aliphatic rings. The second-order valence-electron chi connectivity index (χ2n) is 8.85. The highest BCUT2D eigenvalue weighted by Crippen LogP contribution is 2.53. The van der Waals surface area contributed by atoms with Gasteiger partial charge in [-0.2, -0.15) is 0 Å². The SMILES string of the molecule is CC(C)[C@H](C(=O)OCC(=O)NNC(=O)c1ccc(Cl)cc1)N1C(=O)[C@@H]2[C@H](C1=O)[C@H]1C=C[C@H]2C1. The molecule has 0 unspecified atom stereocenters. The molecule has 2 aliphatic carbocycles. The van der Waals surface area contributed by atoms with Gasteiger partial charge in [-0.15, -0.1) is 0 Å². The first-order valence-corrected chi connectivity index (χ1v) is 11.1. The van der Waals surface area contributed by atoms with Gasteiger partial charge >= 0.3 is 5.97 Å². The van der Waals surface area contributed by atoms with E-state index in [1.54, 1.807) is 13.8 Å². The van der Waals surface area contributed by atoms with Crippen LogP contribution in [0.1, 0.15) is 30.6 Å². The van der Waals surface area contributed by atoms with Crippen molar-refractivity contribution in [3.8, 4) is 0 Å². The Morgan fingerprint density at radius 3 is 2.15 bits per heavy atom. The summed E-state index contributed by atoms with van der Waals surface area (Å²) in [5.74, 6) is -4.08. The first kappa shape index (κ1) is 23.0. The number of hydrazine groups is 1. The number of benzene rings is 1. The number of imide groups is 1. The van der Waals surface area contributed by atoms with E-state index >= 15 is 0 Å². The fourth-order valence-corrected chi connectivity index (χ4v) is 5.06. The molecule has 0 radical (unpaired) electrons. The zero-order chi connectivity index (χ0) is 23.9. The van der Waals surface area contributed by atoms with Crippen LogP contribution in [0.2, 0.25) is 5.02 Å². The normalized spacial score (nSPS) is 25.9. The summed E-state index contributed by atoms with van der Waals surface area (Å²) in [5, 5.41) is 0.463. The van der Waals surface area contributed by atoms with Crippen LogP contribution in [0.25, 0.3) is 0 Å². The van der Waals surface area contributed by atoms with E-state index in [1.165, 1.54) is 24.3 Å². The van der Waals surface area contributed by atoms with E-state index in [-0.39, 0.29) is 29.2 Å². The second-order valence-corrected chi connectivity index (χ2v) is 9.29. The Balaban J connectivity index is 1.33. The van der Waals surface area contributed by atoms with Gasteiger partial charge in [-0.1, -0.05) is 37.6 Å². The fourth-order valence-electron chi connectivity index (χ4n) is 4.93. The van der Waals surface area contributed by atoms with Crippen molar-refractivity contribution in [2.75, 3.05) is 6.61 Å². The molecule has 10 heteroatoms. The summed E-state index contributed by atoms with van der Waals surface area (Å²) in [6.07, 6.45) is 4.75. The number of amides is 4. The highest BCUT2D eigenvalue weighted by molar-refractivity contribution is 6.30. The maximum absolute atomic E-state index is 13.0. The molecule has 2 bridgehead atoms. The van der Waals surface area contributed by atoms with Crippen molar-refractivity contribution in [1.82, 2.24) is 15.8 Å². The van der Waals surface area contributed by atoms with Gasteiger partial charge in [0.25, 0.3) is 11.8 Å². The van der Waals surface area contributed by atoms with Crippen LogP contribution < -0.4 is 10.9 Å². The molecule has 9 nitrogen and oxygen atoms in total. The van der Waals surface area contributed by atoms with Gasteiger partial charge in [0.05, 0.1) is 11.8 Å². The largest absolute Gasteiger partial charge is 0.454 e. The molecule has 1 aromatic rings. The first-order valence-electron chi connectivity index (χ1n) is 10.8. The standard InChI is InChI=1S/C23H24ClN3O6/c1-11(2)19(27-21(30)17-13-3-4-14(9-13)18(17)22(27)31)23(32)33-10-16(28)25-26-20(29)12-5-7-15(24)8-6-12/h3-8,11,13-14,17-19H,9-10H2,1-2H3,(H,25,28)(H,26,29)/t13-,14-,17-,18+,19+/m0/s1. The average Bonchev–Trinajstić information content (AvgIpc) is 3.46. The summed E-state index contributed by atoms with van der Waals surface area (Å²) in [6, 6.07) is 4.91. The number of hydrogen-bond donors (Lipinski definition) is 2. The summed E-state index contributed by atoms with van der Waals surface area (Å²) >= 11 is 5.77. The average molecular weight is 474 g/mol. The smallest absolute Gasteiger partial charge is 0.330 e. The molecule has 2 fully saturated rings. The molecule has 0 spiro atoms. The lowest BCUT2D eigenvalue weighted by Gasteiger charge is -2.28. The number of likely N-dealkylation sites (tertiary alicyclic amines) is 1. The van der Waals surface area contributed by atoms with E-state index in [2.05, 4.69) is 10.9 Å². The molecule has 1 aliphatic heterocycles. The zero-order valence-electron chi connectivity index (χ0n) is 18.1. The minimum atomic E-state index is -1.12. The second kappa shape index (κ2) is 8.97. The quantitative estimate of drug-likeness (QED) is 0.279. The van der Waals surface area contributed by atoms with Crippen molar-refractivity contribution in [2.45, 2.75) is 26.3 Å². The van der Waals surface area contributed by atoms with E-state index in [0.29, 0.717) is 5.02 Å². The Kier molecular flexibility index (Phi) is 6.25. The van der Waals surface area contributed by atoms with Gasteiger partial charge in [-0.05, 0) is 48.4 Å². The predicted molar refractivity (Wildman–Crippen MR) is 116 cm³/mol. The maximum atomic E-state index is 13.0. The lowest BCUT2D eigenvalue weighted by Crippen LogP contribution is -2.50. The number of halogens is 1. The summed E-state index contributed by atoms with van der Waals surface area (Å²) in [4.78, 5) is 64.0. The number of carbonyl (C=O) groups is 5. The monoisotopic (exact) mass is 473 g/mol. The highest BCUT2D eigenvalue weighted by Gasteiger charge is 2.61. The number of rotatable bonds is 6. The minimum Gasteiger partial charge on any atom is -0.454 e. The van der Waals surface area contributed by atoms with Gasteiger partial charge in [0, 0.05) is 10.6 Å². The molecule has 1 heterocycles. The van der Waals surface area contributed by atoms with Crippen LogP contribution in [0, 0.1) is 29.6 Å². The van der Waals surface area contributed by atoms with Crippen LogP contribution in [0.15, 0.2) is 36.4 Å². The lowest BCUT2D eigenvalue weighted by atomic mass is 9.85. The Labute approximate surface area is 195 Å². The zero-order valence-corrected chi connectivity index (χ0v) is 18.9. The molecule has 1 aromatic carbocycles. The molecule has 2 N–H and O–H groups in total. The van der Waals surface area contributed by atoms with E-state index in [9.17, 15) is 24.0 Å². The summed E-state index contributed by atoms with van der Waals surface area (Å²) in [7, 11) is 0. The summed E-state index contributed by atoms with van der Waals surface area (Å²) in [6.45, 7) is 2.73. The highest BCUT2D eigenvalue weighted by atomic mass is 35.5. The van der Waals surface area contributed by atoms with Gasteiger partial charge in [-0.25, -0.2) is 4.79 Å². The molecule has 5 atom stereocenters. The van der Waals surface area contributed by atoms with E-state index in [1.807, 2.05) is 12.2 Å². The number of hydrogen-bond acceptors (Lipinski definition) is 6. The Morgan fingerprint density at radius 2 is 1.61 bits per heavy atom. The topological polar surface area (TPSA) is 122 Å². The van der Waals surface area contributed by atoms with Crippen LogP contribution in [0.4, 0.5) is 0 Å². The van der Waals surface area contributed by atoms with Crippen molar-refractivity contribution in [3.63, 3.8) is 0 Å². The molecule has 0 aromatic heterocycles. The molecule has 33 heavy (non-hydrogen) atoms. The molecule has 1 saturated heterocycles. The Hall–Kier alpha value is -3.20. The fraction of sp³-hybridized carbons (Fsp3) is 0.435. The van der Waals surface area contributed by atoms with Gasteiger partial charge in [0.1, 0.15) is 6.04 Å². The number of nitrogens with zero attached hydrogens (tertiary/aromatic N) is 1. The van der Waals surface area contributed by atoms with Gasteiger partial charge in [0.15, 0.2) is 6.61 Å². The van der Waals surface area contributed by atoms with Crippen molar-refractivity contribution >= 4 is 41.2 Å². The Bertz CT molecular complexity index is 1010. The maximum Gasteiger partial charge on any atom is 0.330 e. The summed E-state index contributed by atoms with van der Waals surface area (Å²) < 4.78 is 5.10. The van der Waals surface area contributed by atoms with Crippen molar-refractivity contribution < 1.29 is 28.7 Å². The third kappa shape index (κ3) is 4.25. The number of carbonyl (C=O) groups excluding carboxylic acids is 5. The van der Waals surface area contributed by atoms with Gasteiger partial charge in [0.2, 0.25) is 11.8 Å². The molecule has 174 valence electrons. The molecular weight excluding hydrogens is 450 g/mol.